The van der Waals surface area contributed by atoms with Gasteiger partial charge in [-0.15, -0.1) is 11.3 Å². The van der Waals surface area contributed by atoms with Gasteiger partial charge in [0.15, 0.2) is 0 Å². The van der Waals surface area contributed by atoms with Crippen molar-refractivity contribution in [2.45, 2.75) is 6.42 Å². The largest absolute Gasteiger partial charge is 0.457 e. The molecule has 0 radical (unpaired) electrons. The molecule has 0 spiro atoms. The SMILES string of the molecule is O=C(Cc1ccc(Br)s1)Nc1ccc(Oc2ccccc2)cc1. The van der Waals surface area contributed by atoms with Crippen LogP contribution in [-0.4, -0.2) is 5.91 Å². The lowest BCUT2D eigenvalue weighted by molar-refractivity contribution is -0.115. The van der Waals surface area contributed by atoms with Gasteiger partial charge in [-0.3, -0.25) is 4.79 Å². The number of benzene rings is 2. The van der Waals surface area contributed by atoms with Gasteiger partial charge in [-0.1, -0.05) is 18.2 Å². The molecule has 116 valence electrons. The third-order valence-corrected chi connectivity index (χ3v) is 4.70. The molecule has 1 aromatic heterocycles. The number of para-hydroxylation sites is 1. The maximum atomic E-state index is 12.0. The van der Waals surface area contributed by atoms with Gasteiger partial charge < -0.3 is 10.1 Å². The monoisotopic (exact) mass is 387 g/mol. The highest BCUT2D eigenvalue weighted by molar-refractivity contribution is 9.11. The second kappa shape index (κ2) is 7.44. The molecule has 0 aliphatic rings. The number of amides is 1. The molecule has 23 heavy (non-hydrogen) atoms. The van der Waals surface area contributed by atoms with Gasteiger partial charge in [0.25, 0.3) is 0 Å². The van der Waals surface area contributed by atoms with E-state index in [1.54, 1.807) is 11.3 Å². The van der Waals surface area contributed by atoms with E-state index in [9.17, 15) is 4.79 Å². The van der Waals surface area contributed by atoms with Gasteiger partial charge in [-0.2, -0.15) is 0 Å². The van der Waals surface area contributed by atoms with E-state index in [-0.39, 0.29) is 5.91 Å². The summed E-state index contributed by atoms with van der Waals surface area (Å²) in [6, 6.07) is 20.8. The summed E-state index contributed by atoms with van der Waals surface area (Å²) in [4.78, 5) is 13.0. The summed E-state index contributed by atoms with van der Waals surface area (Å²) in [6.07, 6.45) is 0.374. The number of halogens is 1. The van der Waals surface area contributed by atoms with Crippen molar-refractivity contribution in [1.82, 2.24) is 0 Å². The number of carbonyl (C=O) groups is 1. The topological polar surface area (TPSA) is 38.3 Å². The summed E-state index contributed by atoms with van der Waals surface area (Å²) in [5.74, 6) is 1.49. The molecule has 3 aromatic rings. The predicted molar refractivity (Wildman–Crippen MR) is 97.3 cm³/mol. The minimum Gasteiger partial charge on any atom is -0.457 e. The predicted octanol–water partition coefficient (Wildman–Crippen LogP) is 5.48. The normalized spacial score (nSPS) is 10.3. The van der Waals surface area contributed by atoms with Gasteiger partial charge in [0.2, 0.25) is 5.91 Å². The van der Waals surface area contributed by atoms with Gasteiger partial charge >= 0.3 is 0 Å². The first-order valence-electron chi connectivity index (χ1n) is 7.06. The average molecular weight is 388 g/mol. The number of rotatable bonds is 5. The smallest absolute Gasteiger partial charge is 0.229 e. The van der Waals surface area contributed by atoms with E-state index in [0.717, 1.165) is 25.8 Å². The van der Waals surface area contributed by atoms with E-state index in [1.165, 1.54) is 0 Å². The Morgan fingerprint density at radius 1 is 0.957 bits per heavy atom. The van der Waals surface area contributed by atoms with Crippen LogP contribution in [0.4, 0.5) is 5.69 Å². The molecule has 1 N–H and O–H groups in total. The van der Waals surface area contributed by atoms with Crippen LogP contribution in [0.5, 0.6) is 11.5 Å². The summed E-state index contributed by atoms with van der Waals surface area (Å²) in [5, 5.41) is 2.89. The van der Waals surface area contributed by atoms with Crippen LogP contribution in [-0.2, 0) is 11.2 Å². The number of hydrogen-bond donors (Lipinski definition) is 1. The Morgan fingerprint density at radius 2 is 1.65 bits per heavy atom. The van der Waals surface area contributed by atoms with Crippen molar-refractivity contribution in [2.75, 3.05) is 5.32 Å². The first-order valence-corrected chi connectivity index (χ1v) is 8.67. The van der Waals surface area contributed by atoms with E-state index >= 15 is 0 Å². The zero-order valence-corrected chi connectivity index (χ0v) is 14.6. The van der Waals surface area contributed by atoms with Crippen LogP contribution in [0, 0.1) is 0 Å². The molecule has 0 saturated heterocycles. The van der Waals surface area contributed by atoms with Crippen LogP contribution in [0.2, 0.25) is 0 Å². The number of hydrogen-bond acceptors (Lipinski definition) is 3. The van der Waals surface area contributed by atoms with E-state index in [2.05, 4.69) is 21.2 Å². The van der Waals surface area contributed by atoms with E-state index in [4.69, 9.17) is 4.74 Å². The van der Waals surface area contributed by atoms with Gasteiger partial charge in [-0.25, -0.2) is 0 Å². The number of nitrogens with one attached hydrogen (secondary N) is 1. The zero-order chi connectivity index (χ0) is 16.1. The zero-order valence-electron chi connectivity index (χ0n) is 12.2. The van der Waals surface area contributed by atoms with Crippen molar-refractivity contribution in [1.29, 1.82) is 0 Å². The quantitative estimate of drug-likeness (QED) is 0.628. The summed E-state index contributed by atoms with van der Waals surface area (Å²) < 4.78 is 6.75. The number of anilines is 1. The molecular weight excluding hydrogens is 374 g/mol. The molecule has 0 fully saturated rings. The molecule has 3 nitrogen and oxygen atoms in total. The second-order valence-corrected chi connectivity index (χ2v) is 7.42. The fraction of sp³-hybridized carbons (Fsp3) is 0.0556. The molecule has 0 unspecified atom stereocenters. The van der Waals surface area contributed by atoms with Crippen molar-refractivity contribution in [3.8, 4) is 11.5 Å². The van der Waals surface area contributed by atoms with Crippen molar-refractivity contribution < 1.29 is 9.53 Å². The highest BCUT2D eigenvalue weighted by Gasteiger charge is 2.06. The number of thiophene rings is 1. The van der Waals surface area contributed by atoms with Crippen molar-refractivity contribution >= 4 is 38.9 Å². The van der Waals surface area contributed by atoms with Crippen LogP contribution in [0.1, 0.15) is 4.88 Å². The van der Waals surface area contributed by atoms with E-state index in [0.29, 0.717) is 6.42 Å². The fourth-order valence-corrected chi connectivity index (χ4v) is 3.52. The maximum absolute atomic E-state index is 12.0. The summed E-state index contributed by atoms with van der Waals surface area (Å²) >= 11 is 4.96. The van der Waals surface area contributed by atoms with Gasteiger partial charge in [0.05, 0.1) is 10.2 Å². The van der Waals surface area contributed by atoms with Crippen molar-refractivity contribution in [3.05, 3.63) is 75.4 Å². The third kappa shape index (κ3) is 4.68. The lowest BCUT2D eigenvalue weighted by atomic mass is 10.2. The lowest BCUT2D eigenvalue weighted by Gasteiger charge is -2.07. The minimum atomic E-state index is -0.0314. The maximum Gasteiger partial charge on any atom is 0.229 e. The van der Waals surface area contributed by atoms with Crippen LogP contribution < -0.4 is 10.1 Å². The molecule has 0 aliphatic heterocycles. The van der Waals surface area contributed by atoms with Crippen LogP contribution in [0.25, 0.3) is 0 Å². The van der Waals surface area contributed by atoms with Gasteiger partial charge in [0, 0.05) is 10.6 Å². The number of ether oxygens (including phenoxy) is 1. The molecular formula is C18H14BrNO2S. The molecule has 2 aromatic carbocycles. The molecule has 0 atom stereocenters. The second-order valence-electron chi connectivity index (χ2n) is 4.87. The Balaban J connectivity index is 1.57. The van der Waals surface area contributed by atoms with Crippen LogP contribution >= 0.6 is 27.3 Å². The molecule has 3 rings (SSSR count). The first-order chi connectivity index (χ1) is 11.2. The summed E-state index contributed by atoms with van der Waals surface area (Å²) in [6.45, 7) is 0. The fourth-order valence-electron chi connectivity index (χ4n) is 2.04. The average Bonchev–Trinajstić information content (AvgIpc) is 2.95. The number of carbonyl (C=O) groups excluding carboxylic acids is 1. The molecule has 0 saturated carbocycles. The Morgan fingerprint density at radius 3 is 2.30 bits per heavy atom. The van der Waals surface area contributed by atoms with Crippen LogP contribution in [0.3, 0.4) is 0 Å². The highest BCUT2D eigenvalue weighted by atomic mass is 79.9. The molecule has 5 heteroatoms. The highest BCUT2D eigenvalue weighted by Crippen LogP contribution is 2.24. The minimum absolute atomic E-state index is 0.0314. The molecule has 1 amide bonds. The Bertz CT molecular complexity index is 784. The molecule has 0 aliphatic carbocycles. The van der Waals surface area contributed by atoms with Crippen LogP contribution in [0.15, 0.2) is 70.5 Å². The molecule has 0 bridgehead atoms. The third-order valence-electron chi connectivity index (χ3n) is 3.08. The Labute approximate surface area is 147 Å². The van der Waals surface area contributed by atoms with Gasteiger partial charge in [-0.05, 0) is 64.5 Å². The Kier molecular flexibility index (Phi) is 5.10. The van der Waals surface area contributed by atoms with E-state index < -0.39 is 0 Å². The lowest BCUT2D eigenvalue weighted by Crippen LogP contribution is -2.13. The molecule has 1 heterocycles. The first kappa shape index (κ1) is 15.8. The summed E-state index contributed by atoms with van der Waals surface area (Å²) in [7, 11) is 0. The van der Waals surface area contributed by atoms with Crippen molar-refractivity contribution in [3.63, 3.8) is 0 Å². The summed E-state index contributed by atoms with van der Waals surface area (Å²) in [5.41, 5.74) is 0.756. The van der Waals surface area contributed by atoms with Crippen molar-refractivity contribution in [2.24, 2.45) is 0 Å². The van der Waals surface area contributed by atoms with E-state index in [1.807, 2.05) is 66.7 Å². The Hall–Kier alpha value is -2.11. The standard InChI is InChI=1S/C18H14BrNO2S/c19-17-11-10-16(23-17)12-18(21)20-13-6-8-15(9-7-13)22-14-4-2-1-3-5-14/h1-11H,12H2,(H,20,21). The van der Waals surface area contributed by atoms with Gasteiger partial charge in [0.1, 0.15) is 11.5 Å².